The number of hydrogen-bond acceptors (Lipinski definition) is 1. The van der Waals surface area contributed by atoms with Crippen LogP contribution in [0.1, 0.15) is 5.56 Å². The number of benzene rings is 1. The smallest absolute Gasteiger partial charge is 0.131 e. The van der Waals surface area contributed by atoms with Gasteiger partial charge in [0.15, 0.2) is 0 Å². The first kappa shape index (κ1) is 9.42. The van der Waals surface area contributed by atoms with Crippen molar-refractivity contribution in [2.24, 2.45) is 0 Å². The molecule has 1 aromatic rings. The summed E-state index contributed by atoms with van der Waals surface area (Å²) in [5.41, 5.74) is 0.464. The van der Waals surface area contributed by atoms with Crippen molar-refractivity contribution in [2.45, 2.75) is 0 Å². The van der Waals surface area contributed by atoms with E-state index in [0.29, 0.717) is 10.0 Å². The fraction of sp³-hybridized carbons (Fsp3) is 0.111. The molecule has 1 nitrogen and oxygen atoms in total. The minimum absolute atomic E-state index is 0.0826. The zero-order valence-electron chi connectivity index (χ0n) is 6.30. The van der Waals surface area contributed by atoms with Crippen molar-refractivity contribution in [3.05, 3.63) is 40.1 Å². The van der Waals surface area contributed by atoms with E-state index in [1.54, 1.807) is 18.2 Å². The molecule has 3 heteroatoms. The van der Waals surface area contributed by atoms with E-state index in [0.717, 1.165) is 0 Å². The first-order valence-corrected chi connectivity index (χ1v) is 4.26. The van der Waals surface area contributed by atoms with E-state index in [2.05, 4.69) is 15.9 Å². The summed E-state index contributed by atoms with van der Waals surface area (Å²) in [7, 11) is 0. The molecular weight excluding hydrogens is 223 g/mol. The molecule has 0 atom stereocenters. The molecule has 0 saturated carbocycles. The lowest BCUT2D eigenvalue weighted by Gasteiger charge is -1.98. The van der Waals surface area contributed by atoms with Crippen LogP contribution in [0.5, 0.6) is 0 Å². The van der Waals surface area contributed by atoms with Crippen LogP contribution < -0.4 is 0 Å². The molecule has 0 heterocycles. The lowest BCUT2D eigenvalue weighted by Crippen LogP contribution is -1.83. The molecule has 0 saturated heterocycles. The number of aliphatic hydroxyl groups is 1. The number of aliphatic hydroxyl groups excluding tert-OH is 1. The molecule has 0 fully saturated rings. The van der Waals surface area contributed by atoms with Crippen LogP contribution in [0.3, 0.4) is 0 Å². The van der Waals surface area contributed by atoms with Crippen LogP contribution in [0.2, 0.25) is 0 Å². The summed E-state index contributed by atoms with van der Waals surface area (Å²) in [6.45, 7) is -0.0826. The van der Waals surface area contributed by atoms with Gasteiger partial charge in [0.1, 0.15) is 5.82 Å². The summed E-state index contributed by atoms with van der Waals surface area (Å²) in [5.74, 6) is -0.297. The Kier molecular flexibility index (Phi) is 3.44. The maximum Gasteiger partial charge on any atom is 0.131 e. The summed E-state index contributed by atoms with van der Waals surface area (Å²) >= 11 is 3.20. The standard InChI is InChI=1S/C9H8BrFO/c10-8-4-1-5-9(11)7(8)3-2-6-12/h1-5,12H,6H2/b3-2+. The maximum absolute atomic E-state index is 13.0. The van der Waals surface area contributed by atoms with Gasteiger partial charge in [-0.15, -0.1) is 0 Å². The summed E-state index contributed by atoms with van der Waals surface area (Å²) < 4.78 is 13.7. The van der Waals surface area contributed by atoms with Crippen LogP contribution in [-0.4, -0.2) is 11.7 Å². The zero-order valence-corrected chi connectivity index (χ0v) is 7.88. The van der Waals surface area contributed by atoms with Crippen molar-refractivity contribution < 1.29 is 9.50 Å². The Hall–Kier alpha value is -0.670. The van der Waals surface area contributed by atoms with E-state index in [-0.39, 0.29) is 12.4 Å². The molecule has 64 valence electrons. The zero-order chi connectivity index (χ0) is 8.97. The second-order valence-corrected chi connectivity index (χ2v) is 3.07. The molecule has 1 N–H and O–H groups in total. The third-order valence-electron chi connectivity index (χ3n) is 1.39. The van der Waals surface area contributed by atoms with Gasteiger partial charge in [0, 0.05) is 10.0 Å². The van der Waals surface area contributed by atoms with E-state index in [9.17, 15) is 4.39 Å². The second-order valence-electron chi connectivity index (χ2n) is 2.22. The Morgan fingerprint density at radius 2 is 2.25 bits per heavy atom. The third-order valence-corrected chi connectivity index (χ3v) is 2.08. The van der Waals surface area contributed by atoms with Crippen LogP contribution >= 0.6 is 15.9 Å². The Labute approximate surface area is 78.7 Å². The summed E-state index contributed by atoms with van der Waals surface area (Å²) in [6.07, 6.45) is 3.03. The van der Waals surface area contributed by atoms with Gasteiger partial charge in [-0.1, -0.05) is 34.1 Å². The first-order chi connectivity index (χ1) is 5.75. The molecule has 0 aromatic heterocycles. The van der Waals surface area contributed by atoms with Gasteiger partial charge in [-0.3, -0.25) is 0 Å². The molecule has 0 bridgehead atoms. The maximum atomic E-state index is 13.0. The predicted octanol–water partition coefficient (Wildman–Crippen LogP) is 2.59. The number of rotatable bonds is 2. The summed E-state index contributed by atoms with van der Waals surface area (Å²) in [6, 6.07) is 4.75. The van der Waals surface area contributed by atoms with Crippen molar-refractivity contribution in [3.63, 3.8) is 0 Å². The molecule has 0 radical (unpaired) electrons. The molecule has 1 rings (SSSR count). The van der Waals surface area contributed by atoms with Gasteiger partial charge >= 0.3 is 0 Å². The van der Waals surface area contributed by atoms with Gasteiger partial charge in [0.2, 0.25) is 0 Å². The normalized spacial score (nSPS) is 10.9. The third kappa shape index (κ3) is 2.16. The van der Waals surface area contributed by atoms with Crippen molar-refractivity contribution in [3.8, 4) is 0 Å². The molecule has 0 aliphatic heterocycles. The Morgan fingerprint density at radius 3 is 2.83 bits per heavy atom. The van der Waals surface area contributed by atoms with E-state index in [1.807, 2.05) is 0 Å². The van der Waals surface area contributed by atoms with Gasteiger partial charge < -0.3 is 5.11 Å². The minimum atomic E-state index is -0.297. The molecule has 0 spiro atoms. The fourth-order valence-electron chi connectivity index (χ4n) is 0.840. The molecule has 0 aliphatic rings. The Morgan fingerprint density at radius 1 is 1.50 bits per heavy atom. The van der Waals surface area contributed by atoms with Crippen molar-refractivity contribution in [2.75, 3.05) is 6.61 Å². The van der Waals surface area contributed by atoms with Crippen molar-refractivity contribution in [1.29, 1.82) is 0 Å². The van der Waals surface area contributed by atoms with Crippen molar-refractivity contribution >= 4 is 22.0 Å². The van der Waals surface area contributed by atoms with Gasteiger partial charge in [-0.05, 0) is 12.1 Å². The molecular formula is C9H8BrFO. The van der Waals surface area contributed by atoms with Crippen LogP contribution in [0, 0.1) is 5.82 Å². The Balaban J connectivity index is 3.04. The lowest BCUT2D eigenvalue weighted by molar-refractivity contribution is 0.343. The highest BCUT2D eigenvalue weighted by Crippen LogP contribution is 2.20. The van der Waals surface area contributed by atoms with Crippen LogP contribution in [-0.2, 0) is 0 Å². The van der Waals surface area contributed by atoms with E-state index < -0.39 is 0 Å². The first-order valence-electron chi connectivity index (χ1n) is 3.47. The van der Waals surface area contributed by atoms with Crippen molar-refractivity contribution in [1.82, 2.24) is 0 Å². The van der Waals surface area contributed by atoms with Gasteiger partial charge in [0.05, 0.1) is 6.61 Å². The van der Waals surface area contributed by atoms with E-state index in [1.165, 1.54) is 12.1 Å². The van der Waals surface area contributed by atoms with Crippen LogP contribution in [0.4, 0.5) is 4.39 Å². The average molecular weight is 231 g/mol. The fourth-order valence-corrected chi connectivity index (χ4v) is 1.31. The lowest BCUT2D eigenvalue weighted by atomic mass is 10.2. The molecule has 1 aromatic carbocycles. The monoisotopic (exact) mass is 230 g/mol. The van der Waals surface area contributed by atoms with Gasteiger partial charge in [-0.2, -0.15) is 0 Å². The topological polar surface area (TPSA) is 20.2 Å². The van der Waals surface area contributed by atoms with E-state index in [4.69, 9.17) is 5.11 Å². The highest BCUT2D eigenvalue weighted by Gasteiger charge is 2.00. The highest BCUT2D eigenvalue weighted by atomic mass is 79.9. The largest absolute Gasteiger partial charge is 0.392 e. The van der Waals surface area contributed by atoms with Crippen LogP contribution in [0.25, 0.3) is 6.08 Å². The minimum Gasteiger partial charge on any atom is -0.392 e. The van der Waals surface area contributed by atoms with Gasteiger partial charge in [0.25, 0.3) is 0 Å². The number of hydrogen-bond donors (Lipinski definition) is 1. The summed E-state index contributed by atoms with van der Waals surface area (Å²) in [4.78, 5) is 0. The number of halogens is 2. The second kappa shape index (κ2) is 4.38. The average Bonchev–Trinajstić information content (AvgIpc) is 2.04. The summed E-state index contributed by atoms with van der Waals surface area (Å²) in [5, 5.41) is 8.48. The molecule has 0 amide bonds. The molecule has 0 aliphatic carbocycles. The van der Waals surface area contributed by atoms with Crippen LogP contribution in [0.15, 0.2) is 28.7 Å². The van der Waals surface area contributed by atoms with Gasteiger partial charge in [-0.25, -0.2) is 4.39 Å². The van der Waals surface area contributed by atoms with E-state index >= 15 is 0 Å². The molecule has 12 heavy (non-hydrogen) atoms. The Bertz CT molecular complexity index is 276. The SMILES string of the molecule is OC/C=C/c1c(F)cccc1Br. The molecule has 0 unspecified atom stereocenters. The quantitative estimate of drug-likeness (QED) is 0.829. The highest BCUT2D eigenvalue weighted by molar-refractivity contribution is 9.10. The predicted molar refractivity (Wildman–Crippen MR) is 50.2 cm³/mol.